The van der Waals surface area contributed by atoms with Crippen LogP contribution in [0.15, 0.2) is 22.7 Å². The molecule has 0 atom stereocenters. The van der Waals surface area contributed by atoms with Gasteiger partial charge in [0.05, 0.1) is 4.47 Å². The molecule has 0 aliphatic heterocycles. The molecule has 1 nitrogen and oxygen atoms in total. The monoisotopic (exact) mass is 244 g/mol. The fraction of sp³-hybridized carbons (Fsp3) is 0.300. The first-order valence-corrected chi connectivity index (χ1v) is 4.68. The van der Waals surface area contributed by atoms with Gasteiger partial charge in [0.2, 0.25) is 0 Å². The van der Waals surface area contributed by atoms with Crippen LogP contribution in [-0.2, 0) is 10.2 Å². The molecule has 0 aromatic heterocycles. The van der Waals surface area contributed by atoms with E-state index in [0.717, 1.165) is 6.29 Å². The zero-order valence-corrected chi connectivity index (χ0v) is 9.06. The van der Waals surface area contributed by atoms with Crippen LogP contribution in [0.1, 0.15) is 19.4 Å². The molecule has 13 heavy (non-hydrogen) atoms. The Bertz CT molecular complexity index is 334. The molecule has 0 radical (unpaired) electrons. The van der Waals surface area contributed by atoms with Gasteiger partial charge in [-0.2, -0.15) is 0 Å². The molecule has 0 amide bonds. The summed E-state index contributed by atoms with van der Waals surface area (Å²) in [5.74, 6) is -0.340. The minimum Gasteiger partial charge on any atom is -0.302 e. The smallest absolute Gasteiger partial charge is 0.137 e. The van der Waals surface area contributed by atoms with Gasteiger partial charge < -0.3 is 4.79 Å². The van der Waals surface area contributed by atoms with Crippen LogP contribution in [0.4, 0.5) is 4.39 Å². The predicted octanol–water partition coefficient (Wildman–Crippen LogP) is 3.06. The van der Waals surface area contributed by atoms with E-state index < -0.39 is 5.41 Å². The predicted molar refractivity (Wildman–Crippen MR) is 53.2 cm³/mol. The van der Waals surface area contributed by atoms with Gasteiger partial charge >= 0.3 is 0 Å². The highest BCUT2D eigenvalue weighted by atomic mass is 79.9. The highest BCUT2D eigenvalue weighted by molar-refractivity contribution is 9.10. The van der Waals surface area contributed by atoms with Crippen molar-refractivity contribution in [1.82, 2.24) is 0 Å². The van der Waals surface area contributed by atoms with Crippen molar-refractivity contribution in [2.75, 3.05) is 0 Å². The second kappa shape index (κ2) is 3.58. The first kappa shape index (κ1) is 10.4. The summed E-state index contributed by atoms with van der Waals surface area (Å²) >= 11 is 3.05. The van der Waals surface area contributed by atoms with E-state index in [9.17, 15) is 9.18 Å². The molecule has 0 saturated heterocycles. The molecule has 1 aromatic rings. The van der Waals surface area contributed by atoms with Crippen LogP contribution in [0, 0.1) is 5.82 Å². The van der Waals surface area contributed by atoms with Crippen molar-refractivity contribution in [3.8, 4) is 0 Å². The second-order valence-corrected chi connectivity index (χ2v) is 4.32. The number of hydrogen-bond acceptors (Lipinski definition) is 1. The van der Waals surface area contributed by atoms with Crippen LogP contribution in [0.2, 0.25) is 0 Å². The summed E-state index contributed by atoms with van der Waals surface area (Å²) in [5.41, 5.74) is 0.0600. The van der Waals surface area contributed by atoms with Gasteiger partial charge in [-0.25, -0.2) is 4.39 Å². The van der Waals surface area contributed by atoms with E-state index in [-0.39, 0.29) is 5.82 Å². The van der Waals surface area contributed by atoms with Crippen molar-refractivity contribution in [3.05, 3.63) is 34.1 Å². The maximum Gasteiger partial charge on any atom is 0.137 e. The fourth-order valence-corrected chi connectivity index (χ4v) is 1.21. The van der Waals surface area contributed by atoms with E-state index in [1.807, 2.05) is 0 Å². The van der Waals surface area contributed by atoms with Crippen LogP contribution >= 0.6 is 15.9 Å². The van der Waals surface area contributed by atoms with Gasteiger partial charge in [-0.3, -0.25) is 0 Å². The molecule has 70 valence electrons. The Hall–Kier alpha value is -0.700. The number of carbonyl (C=O) groups excluding carboxylic acids is 1. The van der Waals surface area contributed by atoms with E-state index >= 15 is 0 Å². The van der Waals surface area contributed by atoms with Gasteiger partial charge in [0.1, 0.15) is 12.1 Å². The normalized spacial score (nSPS) is 11.4. The number of halogens is 2. The zero-order valence-electron chi connectivity index (χ0n) is 7.47. The van der Waals surface area contributed by atoms with E-state index in [0.29, 0.717) is 10.0 Å². The van der Waals surface area contributed by atoms with Gasteiger partial charge in [-0.15, -0.1) is 0 Å². The van der Waals surface area contributed by atoms with E-state index in [4.69, 9.17) is 0 Å². The summed E-state index contributed by atoms with van der Waals surface area (Å²) < 4.78 is 13.5. The minimum atomic E-state index is -0.623. The number of hydrogen-bond donors (Lipinski definition) is 0. The lowest BCUT2D eigenvalue weighted by Crippen LogP contribution is -2.18. The maximum absolute atomic E-state index is 13.1. The Morgan fingerprint density at radius 3 is 2.54 bits per heavy atom. The summed E-state index contributed by atoms with van der Waals surface area (Å²) in [4.78, 5) is 10.7. The molecule has 1 aromatic carbocycles. The molecular formula is C10H10BrFO. The third-order valence-electron chi connectivity index (χ3n) is 1.96. The van der Waals surface area contributed by atoms with Gasteiger partial charge in [-0.05, 0) is 47.5 Å². The van der Waals surface area contributed by atoms with Crippen LogP contribution in [0.25, 0.3) is 0 Å². The van der Waals surface area contributed by atoms with Crippen molar-refractivity contribution in [2.24, 2.45) is 0 Å². The topological polar surface area (TPSA) is 17.1 Å². The van der Waals surface area contributed by atoms with Crippen molar-refractivity contribution in [1.29, 1.82) is 0 Å². The molecule has 0 saturated carbocycles. The third kappa shape index (κ3) is 2.15. The van der Waals surface area contributed by atoms with Crippen LogP contribution in [0.3, 0.4) is 0 Å². The molecule has 0 N–H and O–H groups in total. The first-order chi connectivity index (χ1) is 5.97. The lowest BCUT2D eigenvalue weighted by atomic mass is 9.86. The van der Waals surface area contributed by atoms with Crippen molar-refractivity contribution >= 4 is 22.2 Å². The van der Waals surface area contributed by atoms with Gasteiger partial charge in [0.25, 0.3) is 0 Å². The summed E-state index contributed by atoms with van der Waals surface area (Å²) in [6.45, 7) is 3.51. The molecule has 0 bridgehead atoms. The zero-order chi connectivity index (χ0) is 10.1. The summed E-state index contributed by atoms with van der Waals surface area (Å²) in [5, 5.41) is 0. The number of benzene rings is 1. The Labute approximate surface area is 85.1 Å². The Balaban J connectivity index is 3.18. The SMILES string of the molecule is CC(C)(C=O)c1ccc(Br)c(F)c1. The summed E-state index contributed by atoms with van der Waals surface area (Å²) in [7, 11) is 0. The largest absolute Gasteiger partial charge is 0.302 e. The number of rotatable bonds is 2. The lowest BCUT2D eigenvalue weighted by Gasteiger charge is -2.17. The van der Waals surface area contributed by atoms with Crippen LogP contribution in [-0.4, -0.2) is 6.29 Å². The molecule has 3 heteroatoms. The second-order valence-electron chi connectivity index (χ2n) is 3.47. The Morgan fingerprint density at radius 2 is 2.08 bits per heavy atom. The average molecular weight is 245 g/mol. The highest BCUT2D eigenvalue weighted by Gasteiger charge is 2.20. The molecule has 0 aliphatic rings. The molecule has 1 rings (SSSR count). The standard InChI is InChI=1S/C10H10BrFO/c1-10(2,6-13)7-3-4-8(11)9(12)5-7/h3-6H,1-2H3. The van der Waals surface area contributed by atoms with Crippen molar-refractivity contribution in [2.45, 2.75) is 19.3 Å². The Morgan fingerprint density at radius 1 is 1.46 bits per heavy atom. The Kier molecular flexibility index (Phi) is 2.86. The lowest BCUT2D eigenvalue weighted by molar-refractivity contribution is -0.111. The van der Waals surface area contributed by atoms with Crippen LogP contribution in [0.5, 0.6) is 0 Å². The van der Waals surface area contributed by atoms with Crippen LogP contribution < -0.4 is 0 Å². The van der Waals surface area contributed by atoms with E-state index in [2.05, 4.69) is 15.9 Å². The molecule has 0 unspecified atom stereocenters. The minimum absolute atomic E-state index is 0.340. The first-order valence-electron chi connectivity index (χ1n) is 3.89. The van der Waals surface area contributed by atoms with Gasteiger partial charge in [0, 0.05) is 5.41 Å². The number of aldehydes is 1. The molecule has 0 heterocycles. The quantitative estimate of drug-likeness (QED) is 0.732. The average Bonchev–Trinajstić information content (AvgIpc) is 2.09. The molecule has 0 spiro atoms. The summed E-state index contributed by atoms with van der Waals surface area (Å²) in [6.07, 6.45) is 0.815. The maximum atomic E-state index is 13.1. The molecule has 0 fully saturated rings. The number of carbonyl (C=O) groups is 1. The molecular weight excluding hydrogens is 235 g/mol. The van der Waals surface area contributed by atoms with Crippen molar-refractivity contribution < 1.29 is 9.18 Å². The summed E-state index contributed by atoms with van der Waals surface area (Å²) in [6, 6.07) is 4.72. The van der Waals surface area contributed by atoms with Crippen molar-refractivity contribution in [3.63, 3.8) is 0 Å². The molecule has 0 aliphatic carbocycles. The van der Waals surface area contributed by atoms with E-state index in [1.54, 1.807) is 26.0 Å². The van der Waals surface area contributed by atoms with Gasteiger partial charge in [-0.1, -0.05) is 6.07 Å². The van der Waals surface area contributed by atoms with Gasteiger partial charge in [0.15, 0.2) is 0 Å². The fourth-order valence-electron chi connectivity index (χ4n) is 0.965. The highest BCUT2D eigenvalue weighted by Crippen LogP contribution is 2.24. The van der Waals surface area contributed by atoms with E-state index in [1.165, 1.54) is 6.07 Å². The third-order valence-corrected chi connectivity index (χ3v) is 2.60.